The van der Waals surface area contributed by atoms with Crippen LogP contribution in [0.4, 0.5) is 34.1 Å². The van der Waals surface area contributed by atoms with Crippen LogP contribution < -0.4 is 57.8 Å². The van der Waals surface area contributed by atoms with E-state index in [2.05, 4.69) is 78.9 Å². The van der Waals surface area contributed by atoms with Gasteiger partial charge in [0, 0.05) is 107 Å². The first-order valence-corrected chi connectivity index (χ1v) is 47.9. The van der Waals surface area contributed by atoms with Gasteiger partial charge in [0.1, 0.15) is 108 Å². The maximum atomic E-state index is 12.8. The summed E-state index contributed by atoms with van der Waals surface area (Å²) in [4.78, 5) is 165. The van der Waals surface area contributed by atoms with Crippen LogP contribution in [0.1, 0.15) is 83.1 Å². The molecule has 150 heavy (non-hydrogen) atoms. The van der Waals surface area contributed by atoms with Gasteiger partial charge in [-0.2, -0.15) is 0 Å². The smallest absolute Gasteiger partial charge is 0.330 e. The third-order valence-electron chi connectivity index (χ3n) is 21.3. The van der Waals surface area contributed by atoms with Gasteiger partial charge in [0.05, 0.1) is 78.5 Å². The Bertz CT molecular complexity index is 4770. The molecule has 7 rings (SSSR count). The van der Waals surface area contributed by atoms with Crippen LogP contribution >= 0.6 is 0 Å². The molecule has 798 valence electrons. The highest BCUT2D eigenvalue weighted by Gasteiger charge is 2.37. The Kier molecular flexibility index (Phi) is 48.3. The average molecular weight is 2070 g/mol. The minimum atomic E-state index is -0.801. The van der Waals surface area contributed by atoms with E-state index in [9.17, 15) is 57.5 Å². The molecule has 0 saturated heterocycles. The van der Waals surface area contributed by atoms with E-state index < -0.39 is 145 Å². The number of hydrogen-bond acceptors (Lipinski definition) is 36. The fourth-order valence-electron chi connectivity index (χ4n) is 15.1. The Morgan fingerprint density at radius 2 is 0.247 bits per heavy atom. The normalized spacial score (nSPS) is 13.0. The van der Waals surface area contributed by atoms with Crippen molar-refractivity contribution in [1.82, 2.24) is 0 Å². The molecule has 0 radical (unpaired) electrons. The highest BCUT2D eigenvalue weighted by atomic mass is 16.6. The first-order chi connectivity index (χ1) is 71.5. The number of carbonyl (C=O) groups excluding carboxylic acids is 12. The van der Waals surface area contributed by atoms with E-state index in [1.54, 1.807) is 258 Å². The van der Waals surface area contributed by atoms with Crippen molar-refractivity contribution in [1.29, 1.82) is 0 Å². The molecule has 0 fully saturated rings. The predicted molar refractivity (Wildman–Crippen MR) is 568 cm³/mol. The van der Waals surface area contributed by atoms with Gasteiger partial charge in [-0.1, -0.05) is 78.9 Å². The quantitative estimate of drug-likeness (QED) is 0.0194. The van der Waals surface area contributed by atoms with Gasteiger partial charge < -0.3 is 115 Å². The first-order valence-electron chi connectivity index (χ1n) is 47.9. The van der Waals surface area contributed by atoms with Crippen molar-refractivity contribution in [3.8, 4) is 69.0 Å². The van der Waals surface area contributed by atoms with E-state index in [1.165, 1.54) is 0 Å². The molecule has 7 aromatic carbocycles. The van der Waals surface area contributed by atoms with E-state index >= 15 is 0 Å². The molecule has 0 N–H and O–H groups in total. The summed E-state index contributed by atoms with van der Waals surface area (Å²) in [6.07, 6.45) is 2.65. The molecule has 0 aliphatic rings. The van der Waals surface area contributed by atoms with Crippen molar-refractivity contribution < 1.29 is 143 Å². The van der Waals surface area contributed by atoms with Gasteiger partial charge in [0.15, 0.2) is 0 Å². The lowest BCUT2D eigenvalue weighted by molar-refractivity contribution is -0.143. The Balaban J connectivity index is 1.78. The summed E-state index contributed by atoms with van der Waals surface area (Å²) in [5.41, 5.74) is 2.80. The fraction of sp³-hybridized carbons (Fsp3) is 0.316. The molecule has 0 heterocycles. The number of anilines is 6. The highest BCUT2D eigenvalue weighted by molar-refractivity contribution is 5.87. The van der Waals surface area contributed by atoms with Gasteiger partial charge in [-0.05, 0) is 229 Å². The number of nitrogens with zero attached hydrogens (tertiary/aromatic N) is 6. The van der Waals surface area contributed by atoms with Crippen molar-refractivity contribution >= 4 is 106 Å². The van der Waals surface area contributed by atoms with E-state index in [1.807, 2.05) is 0 Å². The van der Waals surface area contributed by atoms with Crippen molar-refractivity contribution in [2.75, 3.05) is 108 Å². The summed E-state index contributed by atoms with van der Waals surface area (Å²) >= 11 is 0. The summed E-state index contributed by atoms with van der Waals surface area (Å²) < 4.78 is 113. The zero-order valence-corrected chi connectivity index (χ0v) is 86.6. The summed E-state index contributed by atoms with van der Waals surface area (Å²) in [6.45, 7) is 63.2. The van der Waals surface area contributed by atoms with Crippen molar-refractivity contribution in [2.24, 2.45) is 0 Å². The van der Waals surface area contributed by atoms with E-state index in [0.29, 0.717) is 34.1 Å². The average Bonchev–Trinajstić information content (AvgIpc) is 0.745. The molecule has 0 saturated carbocycles. The van der Waals surface area contributed by atoms with Gasteiger partial charge in [-0.25, -0.2) is 57.5 Å². The van der Waals surface area contributed by atoms with Gasteiger partial charge in [-0.3, -0.25) is 0 Å². The number of ether oxygens (including phenoxy) is 18. The predicted octanol–water partition coefficient (Wildman–Crippen LogP) is 18.7. The third-order valence-corrected chi connectivity index (χ3v) is 21.3. The number of hydrogen-bond donors (Lipinski definition) is 0. The van der Waals surface area contributed by atoms with Gasteiger partial charge >= 0.3 is 71.6 Å². The minimum Gasteiger partial charge on any atom is -0.458 e. The summed E-state index contributed by atoms with van der Waals surface area (Å²) in [6, 6.07) is 39.1. The van der Waals surface area contributed by atoms with E-state index in [4.69, 9.17) is 85.3 Å². The largest absolute Gasteiger partial charge is 0.458 e. The lowest BCUT2D eigenvalue weighted by atomic mass is 10.1. The highest BCUT2D eigenvalue weighted by Crippen LogP contribution is 2.63. The van der Waals surface area contributed by atoms with Crippen LogP contribution in [0.15, 0.2) is 297 Å². The molecule has 12 atom stereocenters. The van der Waals surface area contributed by atoms with Crippen LogP contribution in [0.5, 0.6) is 69.0 Å². The van der Waals surface area contributed by atoms with E-state index in [-0.39, 0.29) is 148 Å². The lowest BCUT2D eigenvalue weighted by Crippen LogP contribution is -2.39. The molecule has 0 aromatic heterocycles. The standard InChI is InChI=1S/C114H132N6O30/c1-25-97(121)133-73(13)61-115(62-74(14)134-98(122)26-2)85-37-49-91(50-38-85)145-109-110(146-92-51-39-86(40-52-92)116(63-75(15)135-99(123)27-3)64-76(16)136-100(124)28-4)112(148-94-55-43-88(44-56-94)118(67-79(19)139-103(127)31-7)68-80(20)140-104(128)32-8)114(150-96-59-47-90(48-60-96)120(71-83(23)143-107(131)35-11)72-84(24)144-108(132)36-12)113(149-95-57-45-89(46-58-95)119(69-81(21)141-105(129)33-9)70-82(22)142-106(130)34-10)111(109)147-93-53-41-87(42-54-93)117(65-77(17)137-101(125)29-5)66-78(18)138-102(126)30-6/h25-60,73-84H,1-12,61-72H2,13-24H3. The molecular weight excluding hydrogens is 1930 g/mol. The second kappa shape index (κ2) is 60.6. The van der Waals surface area contributed by atoms with Gasteiger partial charge in [0.25, 0.3) is 0 Å². The maximum absolute atomic E-state index is 12.8. The molecule has 0 bridgehead atoms. The van der Waals surface area contributed by atoms with Crippen LogP contribution in [0.2, 0.25) is 0 Å². The number of benzene rings is 7. The van der Waals surface area contributed by atoms with Crippen LogP contribution in [0.25, 0.3) is 0 Å². The van der Waals surface area contributed by atoms with Crippen molar-refractivity contribution in [3.63, 3.8) is 0 Å². The Labute approximate surface area is 874 Å². The second-order valence-electron chi connectivity index (χ2n) is 34.4. The topological polar surface area (TPSA) is 390 Å². The molecule has 0 aliphatic heterocycles. The molecule has 36 heteroatoms. The molecular formula is C114H132N6O30. The molecule has 0 aliphatic carbocycles. The van der Waals surface area contributed by atoms with Crippen molar-refractivity contribution in [3.05, 3.63) is 297 Å². The molecule has 36 nitrogen and oxygen atoms in total. The monoisotopic (exact) mass is 2060 g/mol. The molecule has 12 unspecified atom stereocenters. The minimum absolute atomic E-state index is 0.0153. The number of esters is 12. The summed E-state index contributed by atoms with van der Waals surface area (Å²) in [7, 11) is 0. The zero-order chi connectivity index (χ0) is 110. The number of rotatable bonds is 66. The lowest BCUT2D eigenvalue weighted by Gasteiger charge is -2.31. The second-order valence-corrected chi connectivity index (χ2v) is 34.4. The summed E-state index contributed by atoms with van der Waals surface area (Å²) in [5, 5.41) is 0. The fourth-order valence-corrected chi connectivity index (χ4v) is 15.1. The maximum Gasteiger partial charge on any atom is 0.330 e. The number of carbonyl (C=O) groups is 12. The Morgan fingerprint density at radius 3 is 0.320 bits per heavy atom. The Morgan fingerprint density at radius 1 is 0.167 bits per heavy atom. The molecule has 7 aromatic rings. The van der Waals surface area contributed by atoms with Crippen LogP contribution in [-0.4, -0.2) is 223 Å². The molecule has 0 spiro atoms. The van der Waals surface area contributed by atoms with E-state index in [0.717, 1.165) is 72.9 Å². The first kappa shape index (κ1) is 120. The van der Waals surface area contributed by atoms with Crippen molar-refractivity contribution in [2.45, 2.75) is 156 Å². The van der Waals surface area contributed by atoms with Crippen LogP contribution in [-0.2, 0) is 114 Å². The zero-order valence-electron chi connectivity index (χ0n) is 86.6. The SMILES string of the molecule is C=CC(=O)OC(C)CN(CC(C)OC(=O)C=C)c1ccc(Oc2c(Oc3ccc(N(CC(C)OC(=O)C=C)CC(C)OC(=O)C=C)cc3)c(Oc3ccc(N(CC(C)OC(=O)C=C)CC(C)OC(=O)C=C)cc3)c(Oc3ccc(N(CC(C)OC(=O)C=C)CC(C)OC(=O)C=C)cc3)c(Oc3ccc(N(CC(C)OC(=O)C=C)CC(C)OC(=O)C=C)cc3)c2Oc2ccc(N(CC(C)OC(=O)C=C)CC(C)OC(=O)C=C)cc2)cc1. The Hall–Kier alpha value is -17.3. The van der Waals surface area contributed by atoms with Gasteiger partial charge in [-0.15, -0.1) is 0 Å². The van der Waals surface area contributed by atoms with Crippen LogP contribution in [0.3, 0.4) is 0 Å². The molecule has 0 amide bonds. The third kappa shape index (κ3) is 39.9. The summed E-state index contributed by atoms with van der Waals surface area (Å²) in [5.74, 6) is -10.7. The van der Waals surface area contributed by atoms with Gasteiger partial charge in [0.2, 0.25) is 34.5 Å². The van der Waals surface area contributed by atoms with Crippen LogP contribution in [0, 0.1) is 0 Å².